The van der Waals surface area contributed by atoms with E-state index >= 15 is 0 Å². The predicted octanol–water partition coefficient (Wildman–Crippen LogP) is 4.36. The van der Waals surface area contributed by atoms with Crippen LogP contribution in [0.3, 0.4) is 0 Å². The molecule has 170 valence electrons. The van der Waals surface area contributed by atoms with Crippen molar-refractivity contribution in [3.8, 4) is 5.75 Å². The molecule has 0 saturated carbocycles. The first-order chi connectivity index (χ1) is 15.7. The van der Waals surface area contributed by atoms with E-state index in [1.165, 1.54) is 19.1 Å². The maximum absolute atomic E-state index is 13.9. The van der Waals surface area contributed by atoms with Gasteiger partial charge in [-0.05, 0) is 61.5 Å². The van der Waals surface area contributed by atoms with Crippen molar-refractivity contribution in [3.05, 3.63) is 83.7 Å². The third-order valence-corrected chi connectivity index (χ3v) is 4.74. The topological polar surface area (TPSA) is 87.7 Å². The van der Waals surface area contributed by atoms with Gasteiger partial charge in [0.15, 0.2) is 12.4 Å². The summed E-state index contributed by atoms with van der Waals surface area (Å²) in [4.78, 5) is 37.9. The molecule has 0 unspecified atom stereocenters. The van der Waals surface area contributed by atoms with Crippen LogP contribution in [-0.4, -0.2) is 38.3 Å². The number of amides is 2. The van der Waals surface area contributed by atoms with E-state index in [0.717, 1.165) is 11.8 Å². The quantitative estimate of drug-likeness (QED) is 0.499. The minimum Gasteiger partial charge on any atom is -0.484 e. The zero-order chi connectivity index (χ0) is 24.0. The van der Waals surface area contributed by atoms with Crippen molar-refractivity contribution in [1.82, 2.24) is 0 Å². The fourth-order valence-electron chi connectivity index (χ4n) is 3.01. The normalized spacial score (nSPS) is 10.3. The lowest BCUT2D eigenvalue weighted by Gasteiger charge is -2.13. The molecule has 8 heteroatoms. The van der Waals surface area contributed by atoms with Gasteiger partial charge in [0.05, 0.1) is 5.56 Å². The molecule has 7 nitrogen and oxygen atoms in total. The Bertz CT molecular complexity index is 1180. The van der Waals surface area contributed by atoms with Gasteiger partial charge >= 0.3 is 0 Å². The number of carbonyl (C=O) groups is 3. The molecule has 0 bridgehead atoms. The van der Waals surface area contributed by atoms with Crippen molar-refractivity contribution in [2.75, 3.05) is 36.2 Å². The molecule has 3 rings (SSSR count). The molecular formula is C25H24FN3O4. The molecule has 0 aliphatic heterocycles. The van der Waals surface area contributed by atoms with Gasteiger partial charge in [0.2, 0.25) is 0 Å². The predicted molar refractivity (Wildman–Crippen MR) is 126 cm³/mol. The molecule has 3 aromatic rings. The lowest BCUT2D eigenvalue weighted by atomic mass is 10.1. The summed E-state index contributed by atoms with van der Waals surface area (Å²) in [7, 11) is 3.84. The molecule has 0 aliphatic carbocycles. The van der Waals surface area contributed by atoms with Crippen molar-refractivity contribution < 1.29 is 23.5 Å². The van der Waals surface area contributed by atoms with E-state index in [-0.39, 0.29) is 23.8 Å². The van der Waals surface area contributed by atoms with E-state index in [9.17, 15) is 18.8 Å². The van der Waals surface area contributed by atoms with Crippen LogP contribution >= 0.6 is 0 Å². The molecule has 0 atom stereocenters. The second kappa shape index (κ2) is 10.4. The largest absolute Gasteiger partial charge is 0.484 e. The third kappa shape index (κ3) is 6.39. The van der Waals surface area contributed by atoms with Gasteiger partial charge in [-0.1, -0.05) is 6.07 Å². The number of carbonyl (C=O) groups excluding carboxylic acids is 3. The summed E-state index contributed by atoms with van der Waals surface area (Å²) in [5.41, 5.74) is 2.42. The van der Waals surface area contributed by atoms with E-state index in [4.69, 9.17) is 4.74 Å². The van der Waals surface area contributed by atoms with E-state index < -0.39 is 17.5 Å². The maximum atomic E-state index is 13.9. The number of nitrogens with zero attached hydrogens (tertiary/aromatic N) is 1. The molecule has 0 aliphatic rings. The molecule has 0 radical (unpaired) electrons. The highest BCUT2D eigenvalue weighted by Gasteiger charge is 2.11. The zero-order valence-electron chi connectivity index (χ0n) is 18.5. The van der Waals surface area contributed by atoms with Gasteiger partial charge in [0, 0.05) is 42.8 Å². The van der Waals surface area contributed by atoms with Crippen LogP contribution < -0.4 is 20.3 Å². The van der Waals surface area contributed by atoms with Crippen LogP contribution in [0.5, 0.6) is 5.75 Å². The molecule has 3 aromatic carbocycles. The van der Waals surface area contributed by atoms with Crippen LogP contribution in [-0.2, 0) is 4.79 Å². The fourth-order valence-corrected chi connectivity index (χ4v) is 3.01. The fraction of sp³-hybridized carbons (Fsp3) is 0.160. The van der Waals surface area contributed by atoms with Gasteiger partial charge in [-0.3, -0.25) is 14.4 Å². The first kappa shape index (κ1) is 23.5. The second-order valence-electron chi connectivity index (χ2n) is 7.51. The van der Waals surface area contributed by atoms with Gasteiger partial charge in [-0.2, -0.15) is 0 Å². The molecule has 2 N–H and O–H groups in total. The summed E-state index contributed by atoms with van der Waals surface area (Å²) in [5.74, 6) is -1.71. The van der Waals surface area contributed by atoms with E-state index in [0.29, 0.717) is 16.9 Å². The highest BCUT2D eigenvalue weighted by Crippen LogP contribution is 2.19. The Morgan fingerprint density at radius 2 is 1.58 bits per heavy atom. The van der Waals surface area contributed by atoms with E-state index in [1.54, 1.807) is 36.4 Å². The molecular weight excluding hydrogens is 425 g/mol. The number of halogens is 1. The number of hydrogen-bond acceptors (Lipinski definition) is 5. The van der Waals surface area contributed by atoms with Crippen LogP contribution in [0.25, 0.3) is 0 Å². The monoisotopic (exact) mass is 449 g/mol. The SMILES string of the molecule is CC(=O)c1ccc(OCC(=O)Nc2cccc(NC(=O)c3ccc(N(C)C)cc3)c2)cc1F. The number of ketones is 1. The lowest BCUT2D eigenvalue weighted by Crippen LogP contribution is -2.20. The highest BCUT2D eigenvalue weighted by molar-refractivity contribution is 6.05. The number of ether oxygens (including phenoxy) is 1. The van der Waals surface area contributed by atoms with Crippen LogP contribution in [0.2, 0.25) is 0 Å². The van der Waals surface area contributed by atoms with Gasteiger partial charge in [-0.25, -0.2) is 4.39 Å². The second-order valence-corrected chi connectivity index (χ2v) is 7.51. The number of benzene rings is 3. The number of Topliss-reactive ketones (excluding diaryl/α,β-unsaturated/α-hetero) is 1. The van der Waals surface area contributed by atoms with Gasteiger partial charge in [0.25, 0.3) is 11.8 Å². The van der Waals surface area contributed by atoms with Crippen molar-refractivity contribution >= 4 is 34.7 Å². The summed E-state index contributed by atoms with van der Waals surface area (Å²) in [6, 6.07) is 17.7. The van der Waals surface area contributed by atoms with Crippen LogP contribution in [0.1, 0.15) is 27.6 Å². The summed E-state index contributed by atoms with van der Waals surface area (Å²) in [6.07, 6.45) is 0. The van der Waals surface area contributed by atoms with Crippen molar-refractivity contribution in [2.45, 2.75) is 6.92 Å². The number of nitrogens with one attached hydrogen (secondary N) is 2. The van der Waals surface area contributed by atoms with Gasteiger partial charge in [0.1, 0.15) is 11.6 Å². The number of hydrogen-bond donors (Lipinski definition) is 2. The Morgan fingerprint density at radius 3 is 2.18 bits per heavy atom. The molecule has 0 fully saturated rings. The van der Waals surface area contributed by atoms with Crippen LogP contribution in [0.15, 0.2) is 66.7 Å². The summed E-state index contributed by atoms with van der Waals surface area (Å²) >= 11 is 0. The smallest absolute Gasteiger partial charge is 0.262 e. The first-order valence-electron chi connectivity index (χ1n) is 10.1. The molecule has 0 aromatic heterocycles. The number of anilines is 3. The highest BCUT2D eigenvalue weighted by atomic mass is 19.1. The molecule has 0 saturated heterocycles. The van der Waals surface area contributed by atoms with Gasteiger partial charge < -0.3 is 20.3 Å². The lowest BCUT2D eigenvalue weighted by molar-refractivity contribution is -0.118. The maximum Gasteiger partial charge on any atom is 0.262 e. The first-order valence-corrected chi connectivity index (χ1v) is 10.1. The average molecular weight is 449 g/mol. The molecule has 2 amide bonds. The Hall–Kier alpha value is -4.20. The van der Waals surface area contributed by atoms with Crippen molar-refractivity contribution in [3.63, 3.8) is 0 Å². The molecule has 0 heterocycles. The summed E-state index contributed by atoms with van der Waals surface area (Å²) < 4.78 is 19.2. The molecule has 33 heavy (non-hydrogen) atoms. The number of rotatable bonds is 8. The Morgan fingerprint density at radius 1 is 0.909 bits per heavy atom. The summed E-state index contributed by atoms with van der Waals surface area (Å²) in [5, 5.41) is 5.46. The summed E-state index contributed by atoms with van der Waals surface area (Å²) in [6.45, 7) is 0.914. The van der Waals surface area contributed by atoms with Gasteiger partial charge in [-0.15, -0.1) is 0 Å². The molecule has 0 spiro atoms. The Labute approximate surface area is 191 Å². The third-order valence-electron chi connectivity index (χ3n) is 4.74. The van der Waals surface area contributed by atoms with Crippen molar-refractivity contribution in [2.24, 2.45) is 0 Å². The van der Waals surface area contributed by atoms with Crippen LogP contribution in [0, 0.1) is 5.82 Å². The zero-order valence-corrected chi connectivity index (χ0v) is 18.5. The minimum atomic E-state index is -0.708. The van der Waals surface area contributed by atoms with Crippen LogP contribution in [0.4, 0.5) is 21.5 Å². The van der Waals surface area contributed by atoms with Crippen molar-refractivity contribution in [1.29, 1.82) is 0 Å². The van der Waals surface area contributed by atoms with E-state index in [1.807, 2.05) is 31.1 Å². The Balaban J connectivity index is 1.57. The standard InChI is InChI=1S/C25H24FN3O4/c1-16(30)22-12-11-21(14-23(22)26)33-15-24(31)27-18-5-4-6-19(13-18)28-25(32)17-7-9-20(10-8-17)29(2)3/h4-14H,15H2,1-3H3,(H,27,31)(H,28,32). The average Bonchev–Trinajstić information content (AvgIpc) is 2.77. The Kier molecular flexibility index (Phi) is 7.40. The van der Waals surface area contributed by atoms with E-state index in [2.05, 4.69) is 10.6 Å². The minimum absolute atomic E-state index is 0.0423.